The number of nitrogens with zero attached hydrogens (tertiary/aromatic N) is 1. The quantitative estimate of drug-likeness (QED) is 0.766. The first-order valence-electron chi connectivity index (χ1n) is 5.95. The van der Waals surface area contributed by atoms with Crippen molar-refractivity contribution in [1.82, 2.24) is 5.32 Å². The molecule has 0 bridgehead atoms. The molecule has 0 saturated carbocycles. The van der Waals surface area contributed by atoms with Crippen molar-refractivity contribution in [3.8, 4) is 0 Å². The summed E-state index contributed by atoms with van der Waals surface area (Å²) < 4.78 is 14.0. The molecule has 1 aromatic rings. The highest BCUT2D eigenvalue weighted by molar-refractivity contribution is 5.85. The van der Waals surface area contributed by atoms with Crippen molar-refractivity contribution >= 4 is 18.1 Å². The topological polar surface area (TPSA) is 15.3 Å². The van der Waals surface area contributed by atoms with Gasteiger partial charge in [-0.15, -0.1) is 12.4 Å². The van der Waals surface area contributed by atoms with Crippen molar-refractivity contribution in [1.29, 1.82) is 0 Å². The molecular formula is C13H18ClFN2. The molecule has 1 aromatic carbocycles. The van der Waals surface area contributed by atoms with Crippen molar-refractivity contribution in [2.75, 3.05) is 18.0 Å². The molecule has 0 radical (unpaired) electrons. The van der Waals surface area contributed by atoms with Gasteiger partial charge in [-0.2, -0.15) is 0 Å². The zero-order valence-electron chi connectivity index (χ0n) is 10.2. The molecular weight excluding hydrogens is 239 g/mol. The zero-order chi connectivity index (χ0) is 11.3. The Labute approximate surface area is 108 Å². The number of halogens is 2. The van der Waals surface area contributed by atoms with Crippen LogP contribution in [-0.2, 0) is 6.42 Å². The van der Waals surface area contributed by atoms with E-state index < -0.39 is 0 Å². The number of rotatable bonds is 0. The summed E-state index contributed by atoms with van der Waals surface area (Å²) in [6, 6.07) is 4.32. The smallest absolute Gasteiger partial charge is 0.146 e. The highest BCUT2D eigenvalue weighted by Crippen LogP contribution is 2.38. The predicted molar refractivity (Wildman–Crippen MR) is 70.7 cm³/mol. The van der Waals surface area contributed by atoms with E-state index in [9.17, 15) is 4.39 Å². The van der Waals surface area contributed by atoms with Gasteiger partial charge in [0.1, 0.15) is 5.82 Å². The van der Waals surface area contributed by atoms with E-state index >= 15 is 0 Å². The Morgan fingerprint density at radius 2 is 2.12 bits per heavy atom. The second-order valence-electron chi connectivity index (χ2n) is 4.96. The van der Waals surface area contributed by atoms with E-state index in [0.717, 1.165) is 25.2 Å². The van der Waals surface area contributed by atoms with Crippen molar-refractivity contribution in [3.05, 3.63) is 29.1 Å². The molecule has 2 atom stereocenters. The number of hydrogen-bond acceptors (Lipinski definition) is 2. The van der Waals surface area contributed by atoms with Crippen LogP contribution in [0.1, 0.15) is 18.1 Å². The molecule has 0 aliphatic carbocycles. The lowest BCUT2D eigenvalue weighted by Gasteiger charge is -2.38. The van der Waals surface area contributed by atoms with Gasteiger partial charge in [0.15, 0.2) is 0 Å². The number of aryl methyl sites for hydroxylation is 1. The van der Waals surface area contributed by atoms with Gasteiger partial charge in [0.25, 0.3) is 0 Å². The fraction of sp³-hybridized carbons (Fsp3) is 0.538. The van der Waals surface area contributed by atoms with Crippen LogP contribution >= 0.6 is 12.4 Å². The molecule has 0 unspecified atom stereocenters. The highest BCUT2D eigenvalue weighted by atomic mass is 35.5. The van der Waals surface area contributed by atoms with Crippen LogP contribution in [0.25, 0.3) is 0 Å². The lowest BCUT2D eigenvalue weighted by atomic mass is 10.0. The highest BCUT2D eigenvalue weighted by Gasteiger charge is 2.37. The molecule has 2 heterocycles. The van der Waals surface area contributed by atoms with Crippen molar-refractivity contribution < 1.29 is 4.39 Å². The minimum Gasteiger partial charge on any atom is -0.360 e. The van der Waals surface area contributed by atoms with Gasteiger partial charge in [-0.25, -0.2) is 4.39 Å². The van der Waals surface area contributed by atoms with Crippen molar-refractivity contribution in [3.63, 3.8) is 0 Å². The SMILES string of the molecule is Cc1ccc(F)c2c1C[C@H]1CNC[C@@H](C)N21.Cl. The van der Waals surface area contributed by atoms with Crippen molar-refractivity contribution in [2.45, 2.75) is 32.4 Å². The van der Waals surface area contributed by atoms with Gasteiger partial charge in [-0.3, -0.25) is 0 Å². The molecule has 0 aromatic heterocycles. The van der Waals surface area contributed by atoms with Crippen LogP contribution in [0.15, 0.2) is 12.1 Å². The molecule has 0 amide bonds. The van der Waals surface area contributed by atoms with E-state index in [1.807, 2.05) is 6.07 Å². The number of fused-ring (bicyclic) bond motifs is 3. The molecule has 2 aliphatic heterocycles. The van der Waals surface area contributed by atoms with Crippen LogP contribution < -0.4 is 10.2 Å². The number of piperazine rings is 1. The Balaban J connectivity index is 0.00000108. The summed E-state index contributed by atoms with van der Waals surface area (Å²) in [7, 11) is 0. The lowest BCUT2D eigenvalue weighted by Crippen LogP contribution is -2.55. The second-order valence-corrected chi connectivity index (χ2v) is 4.96. The monoisotopic (exact) mass is 256 g/mol. The Morgan fingerprint density at radius 1 is 1.35 bits per heavy atom. The molecule has 1 fully saturated rings. The predicted octanol–water partition coefficient (Wildman–Crippen LogP) is 2.28. The number of benzene rings is 1. The summed E-state index contributed by atoms with van der Waals surface area (Å²) in [4.78, 5) is 2.27. The van der Waals surface area contributed by atoms with Crippen LogP contribution in [0.3, 0.4) is 0 Å². The number of anilines is 1. The van der Waals surface area contributed by atoms with Gasteiger partial charge in [0, 0.05) is 25.2 Å². The maximum Gasteiger partial charge on any atom is 0.146 e. The van der Waals surface area contributed by atoms with Gasteiger partial charge in [-0.1, -0.05) is 6.07 Å². The first-order valence-corrected chi connectivity index (χ1v) is 5.95. The van der Waals surface area contributed by atoms with Gasteiger partial charge < -0.3 is 10.2 Å². The number of nitrogens with one attached hydrogen (secondary N) is 1. The maximum atomic E-state index is 14.0. The van der Waals surface area contributed by atoms with E-state index in [2.05, 4.69) is 24.1 Å². The van der Waals surface area contributed by atoms with Gasteiger partial charge in [0.2, 0.25) is 0 Å². The largest absolute Gasteiger partial charge is 0.360 e. The standard InChI is InChI=1S/C13H17FN2.ClH/c1-8-3-4-12(14)13-11(8)5-10-7-15-6-9(2)16(10)13;/h3-4,9-10,15H,5-7H2,1-2H3;1H/t9-,10+;/m1./s1. The average molecular weight is 257 g/mol. The van der Waals surface area contributed by atoms with E-state index in [1.165, 1.54) is 11.1 Å². The third-order valence-electron chi connectivity index (χ3n) is 3.85. The molecule has 17 heavy (non-hydrogen) atoms. The van der Waals surface area contributed by atoms with E-state index in [-0.39, 0.29) is 18.2 Å². The first kappa shape index (κ1) is 12.7. The van der Waals surface area contributed by atoms with Gasteiger partial charge in [-0.05, 0) is 37.5 Å². The first-order chi connectivity index (χ1) is 7.68. The molecule has 94 valence electrons. The molecule has 0 spiro atoms. The molecule has 3 rings (SSSR count). The summed E-state index contributed by atoms with van der Waals surface area (Å²) in [5.41, 5.74) is 3.29. The van der Waals surface area contributed by atoms with Crippen LogP contribution in [0, 0.1) is 12.7 Å². The average Bonchev–Trinajstić information content (AvgIpc) is 2.65. The molecule has 2 aliphatic rings. The number of hydrogen-bond donors (Lipinski definition) is 1. The summed E-state index contributed by atoms with van der Waals surface area (Å²) in [6.07, 6.45) is 0.982. The normalized spacial score (nSPS) is 26.2. The van der Waals surface area contributed by atoms with Gasteiger partial charge in [0.05, 0.1) is 5.69 Å². The molecule has 2 nitrogen and oxygen atoms in total. The third-order valence-corrected chi connectivity index (χ3v) is 3.85. The summed E-state index contributed by atoms with van der Waals surface area (Å²) in [5.74, 6) is -0.0585. The minimum absolute atomic E-state index is 0. The zero-order valence-corrected chi connectivity index (χ0v) is 11.0. The van der Waals surface area contributed by atoms with Crippen LogP contribution in [0.2, 0.25) is 0 Å². The second kappa shape index (κ2) is 4.46. The third kappa shape index (κ3) is 1.81. The lowest BCUT2D eigenvalue weighted by molar-refractivity contribution is 0.425. The minimum atomic E-state index is -0.0585. The van der Waals surface area contributed by atoms with Crippen molar-refractivity contribution in [2.24, 2.45) is 0 Å². The Bertz CT molecular complexity index is 436. The van der Waals surface area contributed by atoms with E-state index in [4.69, 9.17) is 0 Å². The van der Waals surface area contributed by atoms with Gasteiger partial charge >= 0.3 is 0 Å². The van der Waals surface area contributed by atoms with Crippen LogP contribution in [-0.4, -0.2) is 25.2 Å². The Morgan fingerprint density at radius 3 is 2.88 bits per heavy atom. The van der Waals surface area contributed by atoms with E-state index in [1.54, 1.807) is 6.07 Å². The Hall–Kier alpha value is -0.800. The fourth-order valence-corrected chi connectivity index (χ4v) is 3.07. The fourth-order valence-electron chi connectivity index (χ4n) is 3.07. The summed E-state index contributed by atoms with van der Waals surface area (Å²) in [6.45, 7) is 6.16. The summed E-state index contributed by atoms with van der Waals surface area (Å²) in [5, 5.41) is 3.42. The molecule has 4 heteroatoms. The summed E-state index contributed by atoms with van der Waals surface area (Å²) >= 11 is 0. The maximum absolute atomic E-state index is 14.0. The van der Waals surface area contributed by atoms with E-state index in [0.29, 0.717) is 12.1 Å². The molecule has 1 N–H and O–H groups in total. The molecule has 1 saturated heterocycles. The van der Waals surface area contributed by atoms with Crippen LogP contribution in [0.4, 0.5) is 10.1 Å². The van der Waals surface area contributed by atoms with Crippen LogP contribution in [0.5, 0.6) is 0 Å². The Kier molecular flexibility index (Phi) is 3.32.